The Labute approximate surface area is 207 Å². The summed E-state index contributed by atoms with van der Waals surface area (Å²) < 4.78 is 11.0. The summed E-state index contributed by atoms with van der Waals surface area (Å²) in [5.74, 6) is -0.507. The molecule has 7 nitrogen and oxygen atoms in total. The maximum Gasteiger partial charge on any atom is 0.412 e. The van der Waals surface area contributed by atoms with Crippen LogP contribution >= 0.6 is 11.6 Å². The van der Waals surface area contributed by atoms with Gasteiger partial charge in [-0.3, -0.25) is 10.1 Å². The second-order valence-electron chi connectivity index (χ2n) is 7.97. The molecule has 35 heavy (non-hydrogen) atoms. The van der Waals surface area contributed by atoms with E-state index in [0.29, 0.717) is 33.3 Å². The number of aryl methyl sites for hydroxylation is 1. The minimum Gasteiger partial charge on any atom is -0.481 e. The zero-order valence-electron chi connectivity index (χ0n) is 19.1. The minimum absolute atomic E-state index is 0.0674. The number of carboxylic acids is 1. The number of halogens is 1. The van der Waals surface area contributed by atoms with Gasteiger partial charge < -0.3 is 14.4 Å². The molecule has 0 radical (unpaired) electrons. The highest BCUT2D eigenvalue weighted by Crippen LogP contribution is 2.34. The molecule has 0 saturated carbocycles. The van der Waals surface area contributed by atoms with Crippen LogP contribution in [0.2, 0.25) is 5.02 Å². The number of rotatable bonds is 7. The Morgan fingerprint density at radius 1 is 1.03 bits per heavy atom. The lowest BCUT2D eigenvalue weighted by atomic mass is 9.96. The van der Waals surface area contributed by atoms with Gasteiger partial charge in [-0.05, 0) is 36.6 Å². The van der Waals surface area contributed by atoms with E-state index in [0.717, 1.165) is 16.7 Å². The maximum absolute atomic E-state index is 12.6. The molecule has 0 bridgehead atoms. The maximum atomic E-state index is 12.6. The molecule has 0 spiro atoms. The van der Waals surface area contributed by atoms with E-state index in [9.17, 15) is 14.7 Å². The number of benzene rings is 3. The van der Waals surface area contributed by atoms with Crippen molar-refractivity contribution in [1.29, 1.82) is 0 Å². The van der Waals surface area contributed by atoms with Crippen LogP contribution in [0, 0.1) is 6.92 Å². The van der Waals surface area contributed by atoms with Crippen molar-refractivity contribution in [3.63, 3.8) is 0 Å². The molecule has 0 fully saturated rings. The van der Waals surface area contributed by atoms with Crippen molar-refractivity contribution in [3.8, 4) is 22.5 Å². The number of nitrogens with one attached hydrogen (secondary N) is 1. The highest BCUT2D eigenvalue weighted by atomic mass is 35.5. The fourth-order valence-corrected chi connectivity index (χ4v) is 4.08. The van der Waals surface area contributed by atoms with Crippen molar-refractivity contribution in [2.75, 3.05) is 5.32 Å². The standard InChI is InChI=1S/C27H23ClN2O5/c1-16-25(29-27(33)34-17(2)21-8-5-6-10-23(21)28)26(35-30-16)19-13-11-18(12-14-19)22-9-4-3-7-20(22)15-24(31)32/h3-14,17H,15H2,1-2H3,(H,29,33)(H,31,32). The number of carboxylic acid groups (broad SMARTS) is 1. The number of aromatic nitrogens is 1. The second kappa shape index (κ2) is 10.4. The van der Waals surface area contributed by atoms with Crippen LogP contribution in [0.1, 0.15) is 29.8 Å². The van der Waals surface area contributed by atoms with Gasteiger partial charge in [-0.2, -0.15) is 0 Å². The van der Waals surface area contributed by atoms with E-state index >= 15 is 0 Å². The highest BCUT2D eigenvalue weighted by Gasteiger charge is 2.21. The number of ether oxygens (including phenoxy) is 1. The molecule has 1 aromatic heterocycles. The van der Waals surface area contributed by atoms with Crippen molar-refractivity contribution in [2.45, 2.75) is 26.4 Å². The zero-order chi connectivity index (χ0) is 24.9. The average molecular weight is 491 g/mol. The molecular weight excluding hydrogens is 468 g/mol. The summed E-state index contributed by atoms with van der Waals surface area (Å²) in [5.41, 5.74) is 4.72. The molecule has 4 rings (SSSR count). The van der Waals surface area contributed by atoms with Crippen LogP contribution in [0.15, 0.2) is 77.3 Å². The van der Waals surface area contributed by atoms with Crippen molar-refractivity contribution < 1.29 is 24.0 Å². The number of amides is 1. The Morgan fingerprint density at radius 3 is 2.40 bits per heavy atom. The van der Waals surface area contributed by atoms with Gasteiger partial charge in [0.05, 0.1) is 6.42 Å². The molecule has 178 valence electrons. The third kappa shape index (κ3) is 5.53. The molecule has 0 aliphatic carbocycles. The van der Waals surface area contributed by atoms with Gasteiger partial charge in [-0.25, -0.2) is 4.79 Å². The number of hydrogen-bond donors (Lipinski definition) is 2. The largest absolute Gasteiger partial charge is 0.481 e. The smallest absolute Gasteiger partial charge is 0.412 e. The Balaban J connectivity index is 1.53. The lowest BCUT2D eigenvalue weighted by Crippen LogP contribution is -2.17. The summed E-state index contributed by atoms with van der Waals surface area (Å²) in [6.45, 7) is 3.46. The van der Waals surface area contributed by atoms with Gasteiger partial charge in [0.15, 0.2) is 5.76 Å². The third-order valence-corrected chi connectivity index (χ3v) is 5.88. The fraction of sp³-hybridized carbons (Fsp3) is 0.148. The van der Waals surface area contributed by atoms with E-state index in [4.69, 9.17) is 20.9 Å². The summed E-state index contributed by atoms with van der Waals surface area (Å²) in [6, 6.07) is 21.9. The normalized spacial score (nSPS) is 11.6. The molecule has 3 aromatic carbocycles. The molecule has 0 aliphatic rings. The molecule has 0 aliphatic heterocycles. The quantitative estimate of drug-likeness (QED) is 0.292. The topological polar surface area (TPSA) is 102 Å². The molecule has 1 atom stereocenters. The van der Waals surface area contributed by atoms with Crippen molar-refractivity contribution in [1.82, 2.24) is 5.16 Å². The number of anilines is 1. The fourth-order valence-electron chi connectivity index (χ4n) is 3.79. The van der Waals surface area contributed by atoms with Gasteiger partial charge in [0.1, 0.15) is 17.5 Å². The Bertz CT molecular complexity index is 1360. The Kier molecular flexibility index (Phi) is 7.17. The van der Waals surface area contributed by atoms with E-state index in [1.807, 2.05) is 48.5 Å². The van der Waals surface area contributed by atoms with Gasteiger partial charge in [0.25, 0.3) is 0 Å². The third-order valence-electron chi connectivity index (χ3n) is 5.53. The first-order chi connectivity index (χ1) is 16.8. The van der Waals surface area contributed by atoms with Crippen molar-refractivity contribution >= 4 is 29.4 Å². The first-order valence-electron chi connectivity index (χ1n) is 10.9. The summed E-state index contributed by atoms with van der Waals surface area (Å²) in [7, 11) is 0. The first kappa shape index (κ1) is 24.0. The SMILES string of the molecule is Cc1noc(-c2ccc(-c3ccccc3CC(=O)O)cc2)c1NC(=O)OC(C)c1ccccc1Cl. The van der Waals surface area contributed by atoms with Gasteiger partial charge in [-0.15, -0.1) is 0 Å². The van der Waals surface area contributed by atoms with E-state index in [1.165, 1.54) is 0 Å². The van der Waals surface area contributed by atoms with E-state index in [-0.39, 0.29) is 6.42 Å². The molecule has 4 aromatic rings. The van der Waals surface area contributed by atoms with Gasteiger partial charge in [0.2, 0.25) is 0 Å². The molecule has 1 heterocycles. The average Bonchev–Trinajstić information content (AvgIpc) is 3.19. The van der Waals surface area contributed by atoms with Gasteiger partial charge in [-0.1, -0.05) is 83.5 Å². The van der Waals surface area contributed by atoms with E-state index in [1.54, 1.807) is 38.1 Å². The predicted octanol–water partition coefficient (Wildman–Crippen LogP) is 6.91. The number of carbonyl (C=O) groups is 2. The number of hydrogen-bond acceptors (Lipinski definition) is 5. The van der Waals surface area contributed by atoms with Crippen molar-refractivity contribution in [3.05, 3.63) is 94.6 Å². The van der Waals surface area contributed by atoms with Crippen molar-refractivity contribution in [2.24, 2.45) is 0 Å². The van der Waals surface area contributed by atoms with Crippen LogP contribution in [-0.2, 0) is 16.0 Å². The van der Waals surface area contributed by atoms with Crippen LogP contribution in [0.5, 0.6) is 0 Å². The van der Waals surface area contributed by atoms with E-state index in [2.05, 4.69) is 10.5 Å². The predicted molar refractivity (Wildman–Crippen MR) is 133 cm³/mol. The summed E-state index contributed by atoms with van der Waals surface area (Å²) in [6.07, 6.45) is -1.29. The molecule has 8 heteroatoms. The van der Waals surface area contributed by atoms with Gasteiger partial charge >= 0.3 is 12.1 Å². The molecule has 1 amide bonds. The lowest BCUT2D eigenvalue weighted by Gasteiger charge is -2.15. The number of nitrogens with zero attached hydrogens (tertiary/aromatic N) is 1. The molecule has 0 saturated heterocycles. The first-order valence-corrected chi connectivity index (χ1v) is 11.3. The zero-order valence-corrected chi connectivity index (χ0v) is 19.9. The summed E-state index contributed by atoms with van der Waals surface area (Å²) in [4.78, 5) is 23.8. The summed E-state index contributed by atoms with van der Waals surface area (Å²) >= 11 is 6.20. The van der Waals surface area contributed by atoms with Gasteiger partial charge in [0, 0.05) is 16.1 Å². The molecular formula is C27H23ClN2O5. The molecule has 1 unspecified atom stereocenters. The van der Waals surface area contributed by atoms with Crippen LogP contribution < -0.4 is 5.32 Å². The van der Waals surface area contributed by atoms with Crippen LogP contribution in [0.25, 0.3) is 22.5 Å². The van der Waals surface area contributed by atoms with E-state index < -0.39 is 18.2 Å². The minimum atomic E-state index is -0.891. The van der Waals surface area contributed by atoms with Crippen LogP contribution in [-0.4, -0.2) is 22.3 Å². The Morgan fingerprint density at radius 2 is 1.69 bits per heavy atom. The number of aliphatic carboxylic acids is 1. The van der Waals surface area contributed by atoms with Crippen LogP contribution in [0.4, 0.5) is 10.5 Å². The second-order valence-corrected chi connectivity index (χ2v) is 8.38. The Hall–Kier alpha value is -4.10. The highest BCUT2D eigenvalue weighted by molar-refractivity contribution is 6.31. The lowest BCUT2D eigenvalue weighted by molar-refractivity contribution is -0.136. The molecule has 2 N–H and O–H groups in total. The monoisotopic (exact) mass is 490 g/mol. The summed E-state index contributed by atoms with van der Waals surface area (Å²) in [5, 5.41) is 16.4. The number of carbonyl (C=O) groups excluding carboxylic acids is 1. The van der Waals surface area contributed by atoms with Crippen LogP contribution in [0.3, 0.4) is 0 Å².